The number of hydrogen-bond donors (Lipinski definition) is 1. The average Bonchev–Trinajstić information content (AvgIpc) is 2.34. The molecule has 1 aromatic carbocycles. The van der Waals surface area contributed by atoms with Crippen LogP contribution in [0.1, 0.15) is 19.4 Å². The summed E-state index contributed by atoms with van der Waals surface area (Å²) < 4.78 is 11.2. The van der Waals surface area contributed by atoms with Crippen molar-refractivity contribution < 1.29 is 9.47 Å². The van der Waals surface area contributed by atoms with Crippen molar-refractivity contribution in [1.82, 2.24) is 5.32 Å². The normalized spacial score (nSPS) is 19.6. The molecule has 0 unspecified atom stereocenters. The predicted octanol–water partition coefficient (Wildman–Crippen LogP) is 3.28. The topological polar surface area (TPSA) is 30.5 Å². The van der Waals surface area contributed by atoms with Crippen LogP contribution in [-0.4, -0.2) is 31.6 Å². The van der Waals surface area contributed by atoms with E-state index in [1.807, 2.05) is 26.0 Å². The summed E-state index contributed by atoms with van der Waals surface area (Å²) in [4.78, 5) is 0. The molecule has 1 heterocycles. The second kappa shape index (κ2) is 6.42. The van der Waals surface area contributed by atoms with Crippen LogP contribution >= 0.6 is 23.2 Å². The lowest BCUT2D eigenvalue weighted by Gasteiger charge is -2.35. The summed E-state index contributed by atoms with van der Waals surface area (Å²) >= 11 is 12.0. The third-order valence-corrected chi connectivity index (χ3v) is 3.69. The van der Waals surface area contributed by atoms with Crippen molar-refractivity contribution in [3.63, 3.8) is 0 Å². The Bertz CT molecular complexity index is 427. The first kappa shape index (κ1) is 15.1. The highest BCUT2D eigenvalue weighted by atomic mass is 35.5. The van der Waals surface area contributed by atoms with Gasteiger partial charge in [-0.3, -0.25) is 0 Å². The van der Waals surface area contributed by atoms with E-state index in [-0.39, 0.29) is 6.04 Å². The molecule has 0 saturated carbocycles. The highest BCUT2D eigenvalue weighted by Crippen LogP contribution is 2.21. The standard InChI is InChI=1S/C14H19Cl2NO2/c1-14(2)18-8-12(9-19-14)17-6-5-10-3-4-11(15)7-13(10)16/h3-4,7,12,17H,5-6,8-9H2,1-2H3. The van der Waals surface area contributed by atoms with Gasteiger partial charge in [-0.1, -0.05) is 29.3 Å². The maximum Gasteiger partial charge on any atom is 0.162 e. The number of ether oxygens (including phenoxy) is 2. The Morgan fingerprint density at radius 3 is 2.58 bits per heavy atom. The lowest BCUT2D eigenvalue weighted by atomic mass is 10.1. The van der Waals surface area contributed by atoms with Crippen LogP contribution in [0.5, 0.6) is 0 Å². The van der Waals surface area contributed by atoms with Crippen molar-refractivity contribution in [3.05, 3.63) is 33.8 Å². The molecule has 1 aliphatic heterocycles. The van der Waals surface area contributed by atoms with Gasteiger partial charge in [0, 0.05) is 10.0 Å². The molecule has 1 N–H and O–H groups in total. The van der Waals surface area contributed by atoms with Crippen molar-refractivity contribution in [1.29, 1.82) is 0 Å². The fraction of sp³-hybridized carbons (Fsp3) is 0.571. The zero-order valence-electron chi connectivity index (χ0n) is 11.2. The van der Waals surface area contributed by atoms with Gasteiger partial charge in [0.1, 0.15) is 0 Å². The van der Waals surface area contributed by atoms with E-state index in [2.05, 4.69) is 5.32 Å². The molecule has 0 radical (unpaired) electrons. The van der Waals surface area contributed by atoms with Crippen LogP contribution in [0.25, 0.3) is 0 Å². The Morgan fingerprint density at radius 2 is 1.95 bits per heavy atom. The van der Waals surface area contributed by atoms with Gasteiger partial charge in [-0.2, -0.15) is 0 Å². The van der Waals surface area contributed by atoms with Crippen molar-refractivity contribution in [2.45, 2.75) is 32.1 Å². The first-order valence-corrected chi connectivity index (χ1v) is 7.17. The molecular weight excluding hydrogens is 285 g/mol. The number of hydrogen-bond acceptors (Lipinski definition) is 3. The van der Waals surface area contributed by atoms with Crippen LogP contribution in [0.3, 0.4) is 0 Å². The molecule has 0 bridgehead atoms. The predicted molar refractivity (Wildman–Crippen MR) is 77.9 cm³/mol. The highest BCUT2D eigenvalue weighted by molar-refractivity contribution is 6.35. The lowest BCUT2D eigenvalue weighted by molar-refractivity contribution is -0.252. The van der Waals surface area contributed by atoms with Gasteiger partial charge < -0.3 is 14.8 Å². The van der Waals surface area contributed by atoms with Gasteiger partial charge in [-0.15, -0.1) is 0 Å². The van der Waals surface area contributed by atoms with E-state index in [4.69, 9.17) is 32.7 Å². The molecule has 0 atom stereocenters. The smallest absolute Gasteiger partial charge is 0.162 e. The van der Waals surface area contributed by atoms with E-state index in [1.54, 1.807) is 6.07 Å². The lowest BCUT2D eigenvalue weighted by Crippen LogP contribution is -2.48. The van der Waals surface area contributed by atoms with Crippen LogP contribution in [-0.2, 0) is 15.9 Å². The van der Waals surface area contributed by atoms with Crippen molar-refractivity contribution in [2.24, 2.45) is 0 Å². The number of benzene rings is 1. The minimum atomic E-state index is -0.461. The van der Waals surface area contributed by atoms with E-state index < -0.39 is 5.79 Å². The van der Waals surface area contributed by atoms with Crippen LogP contribution in [0.2, 0.25) is 10.0 Å². The zero-order valence-corrected chi connectivity index (χ0v) is 12.7. The van der Waals surface area contributed by atoms with Crippen LogP contribution in [0, 0.1) is 0 Å². The molecule has 0 aromatic heterocycles. The molecule has 106 valence electrons. The molecule has 0 spiro atoms. The summed E-state index contributed by atoms with van der Waals surface area (Å²) in [6, 6.07) is 5.83. The van der Waals surface area contributed by atoms with Gasteiger partial charge >= 0.3 is 0 Å². The minimum Gasteiger partial charge on any atom is -0.349 e. The van der Waals surface area contributed by atoms with E-state index >= 15 is 0 Å². The van der Waals surface area contributed by atoms with Crippen LogP contribution in [0.4, 0.5) is 0 Å². The molecule has 1 fully saturated rings. The van der Waals surface area contributed by atoms with Gasteiger partial charge in [0.15, 0.2) is 5.79 Å². The van der Waals surface area contributed by atoms with Gasteiger partial charge in [0.05, 0.1) is 19.3 Å². The Kier molecular flexibility index (Phi) is 5.09. The molecule has 1 saturated heterocycles. The third-order valence-electron chi connectivity index (χ3n) is 3.11. The fourth-order valence-electron chi connectivity index (χ4n) is 1.95. The summed E-state index contributed by atoms with van der Waals surface area (Å²) in [5.41, 5.74) is 1.09. The molecular formula is C14H19Cl2NO2. The van der Waals surface area contributed by atoms with E-state index in [1.165, 1.54) is 0 Å². The first-order chi connectivity index (χ1) is 8.96. The average molecular weight is 304 g/mol. The second-order valence-electron chi connectivity index (χ2n) is 5.16. The quantitative estimate of drug-likeness (QED) is 0.926. The Labute approximate surface area is 124 Å². The van der Waals surface area contributed by atoms with Crippen molar-refractivity contribution in [2.75, 3.05) is 19.8 Å². The molecule has 1 aliphatic rings. The van der Waals surface area contributed by atoms with E-state index in [0.29, 0.717) is 23.3 Å². The molecule has 1 aromatic rings. The highest BCUT2D eigenvalue weighted by Gasteiger charge is 2.27. The maximum absolute atomic E-state index is 6.13. The largest absolute Gasteiger partial charge is 0.349 e. The summed E-state index contributed by atoms with van der Waals surface area (Å²) in [6.07, 6.45) is 0.857. The summed E-state index contributed by atoms with van der Waals surface area (Å²) in [6.45, 7) is 6.02. The molecule has 3 nitrogen and oxygen atoms in total. The van der Waals surface area contributed by atoms with Crippen LogP contribution in [0.15, 0.2) is 18.2 Å². The molecule has 0 aliphatic carbocycles. The third kappa shape index (κ3) is 4.62. The molecule has 5 heteroatoms. The van der Waals surface area contributed by atoms with Gasteiger partial charge in [-0.25, -0.2) is 0 Å². The SMILES string of the molecule is CC1(C)OCC(NCCc2ccc(Cl)cc2Cl)CO1. The molecule has 2 rings (SSSR count). The Morgan fingerprint density at radius 1 is 1.26 bits per heavy atom. The number of halogens is 2. The van der Waals surface area contributed by atoms with E-state index in [0.717, 1.165) is 18.5 Å². The summed E-state index contributed by atoms with van der Waals surface area (Å²) in [5, 5.41) is 4.79. The second-order valence-corrected chi connectivity index (χ2v) is 6.00. The molecule has 0 amide bonds. The zero-order chi connectivity index (χ0) is 13.9. The van der Waals surface area contributed by atoms with Crippen LogP contribution < -0.4 is 5.32 Å². The number of nitrogens with one attached hydrogen (secondary N) is 1. The monoisotopic (exact) mass is 303 g/mol. The summed E-state index contributed by atoms with van der Waals surface area (Å²) in [5.74, 6) is -0.461. The first-order valence-electron chi connectivity index (χ1n) is 6.41. The Balaban J connectivity index is 1.75. The van der Waals surface area contributed by atoms with E-state index in [9.17, 15) is 0 Å². The van der Waals surface area contributed by atoms with Gasteiger partial charge in [0.25, 0.3) is 0 Å². The summed E-state index contributed by atoms with van der Waals surface area (Å²) in [7, 11) is 0. The maximum atomic E-state index is 6.13. The minimum absolute atomic E-state index is 0.235. The van der Waals surface area contributed by atoms with Crippen molar-refractivity contribution >= 4 is 23.2 Å². The fourth-order valence-corrected chi connectivity index (χ4v) is 2.45. The van der Waals surface area contributed by atoms with Gasteiger partial charge in [-0.05, 0) is 44.5 Å². The van der Waals surface area contributed by atoms with Gasteiger partial charge in [0.2, 0.25) is 0 Å². The van der Waals surface area contributed by atoms with Crippen molar-refractivity contribution in [3.8, 4) is 0 Å². The number of rotatable bonds is 4. The molecule has 19 heavy (non-hydrogen) atoms. The Hall–Kier alpha value is -0.320.